The molecule has 1 fully saturated rings. The van der Waals surface area contributed by atoms with E-state index in [0.29, 0.717) is 11.5 Å². The monoisotopic (exact) mass is 156 g/mol. The van der Waals surface area contributed by atoms with E-state index in [1.54, 1.807) is 0 Å². The van der Waals surface area contributed by atoms with Crippen molar-refractivity contribution in [2.75, 3.05) is 6.61 Å². The molecule has 1 heteroatoms. The van der Waals surface area contributed by atoms with Gasteiger partial charge >= 0.3 is 0 Å². The van der Waals surface area contributed by atoms with E-state index in [1.165, 1.54) is 12.8 Å². The fraction of sp³-hybridized carbons (Fsp3) is 1.00. The maximum Gasteiger partial charge on any atom is 0.0550 e. The van der Waals surface area contributed by atoms with Gasteiger partial charge in [0.2, 0.25) is 0 Å². The van der Waals surface area contributed by atoms with Crippen molar-refractivity contribution in [1.29, 1.82) is 0 Å². The van der Waals surface area contributed by atoms with Gasteiger partial charge < -0.3 is 4.74 Å². The Morgan fingerprint density at radius 1 is 1.45 bits per heavy atom. The van der Waals surface area contributed by atoms with Gasteiger partial charge in [-0.2, -0.15) is 0 Å². The zero-order chi connectivity index (χ0) is 8.48. The SMILES string of the molecule is CCC1(C)CO[C@@H](C)CC1C. The molecule has 1 heterocycles. The first-order chi connectivity index (χ1) is 5.08. The summed E-state index contributed by atoms with van der Waals surface area (Å²) in [5, 5.41) is 0. The number of hydrogen-bond acceptors (Lipinski definition) is 1. The average molecular weight is 156 g/mol. The first-order valence-corrected chi connectivity index (χ1v) is 4.70. The lowest BCUT2D eigenvalue weighted by molar-refractivity contribution is -0.0806. The lowest BCUT2D eigenvalue weighted by atomic mass is 9.72. The van der Waals surface area contributed by atoms with Gasteiger partial charge in [0.05, 0.1) is 12.7 Å². The number of hydrogen-bond donors (Lipinski definition) is 0. The largest absolute Gasteiger partial charge is 0.378 e. The van der Waals surface area contributed by atoms with Crippen LogP contribution < -0.4 is 0 Å². The molecule has 0 saturated carbocycles. The van der Waals surface area contributed by atoms with Gasteiger partial charge in [-0.1, -0.05) is 20.8 Å². The molecule has 1 nitrogen and oxygen atoms in total. The molecule has 0 bridgehead atoms. The summed E-state index contributed by atoms with van der Waals surface area (Å²) in [5.74, 6) is 0.816. The summed E-state index contributed by atoms with van der Waals surface area (Å²) in [7, 11) is 0. The molecule has 0 amide bonds. The molecule has 0 aromatic carbocycles. The number of rotatable bonds is 1. The Hall–Kier alpha value is -0.0400. The third-order valence-corrected chi connectivity index (χ3v) is 3.38. The molecule has 0 N–H and O–H groups in total. The van der Waals surface area contributed by atoms with Crippen molar-refractivity contribution in [3.8, 4) is 0 Å². The van der Waals surface area contributed by atoms with Crippen LogP contribution in [0.5, 0.6) is 0 Å². The van der Waals surface area contributed by atoms with Gasteiger partial charge in [0.1, 0.15) is 0 Å². The van der Waals surface area contributed by atoms with Crippen LogP contribution in [-0.4, -0.2) is 12.7 Å². The first-order valence-electron chi connectivity index (χ1n) is 4.70. The Balaban J connectivity index is 2.56. The first kappa shape index (κ1) is 9.05. The molecule has 11 heavy (non-hydrogen) atoms. The summed E-state index contributed by atoms with van der Waals surface area (Å²) in [6, 6.07) is 0. The van der Waals surface area contributed by atoms with Gasteiger partial charge in [-0.05, 0) is 31.1 Å². The van der Waals surface area contributed by atoms with Crippen LogP contribution in [-0.2, 0) is 4.74 Å². The Bertz CT molecular complexity index is 133. The standard InChI is InChI=1S/C10H20O/c1-5-10(4)7-11-9(3)6-8(10)2/h8-9H,5-7H2,1-4H3/t8?,9-,10?/m0/s1. The second kappa shape index (κ2) is 3.14. The smallest absolute Gasteiger partial charge is 0.0550 e. The third-order valence-electron chi connectivity index (χ3n) is 3.38. The number of ether oxygens (including phenoxy) is 1. The summed E-state index contributed by atoms with van der Waals surface area (Å²) in [4.78, 5) is 0. The Morgan fingerprint density at radius 3 is 2.55 bits per heavy atom. The highest BCUT2D eigenvalue weighted by Crippen LogP contribution is 2.38. The molecule has 1 aliphatic heterocycles. The van der Waals surface area contributed by atoms with Gasteiger partial charge in [-0.15, -0.1) is 0 Å². The normalized spacial score (nSPS) is 45.8. The van der Waals surface area contributed by atoms with E-state index >= 15 is 0 Å². The molecular formula is C10H20O. The van der Waals surface area contributed by atoms with Crippen LogP contribution in [0.4, 0.5) is 0 Å². The lowest BCUT2D eigenvalue weighted by Gasteiger charge is -2.41. The van der Waals surface area contributed by atoms with Gasteiger partial charge in [-0.25, -0.2) is 0 Å². The molecule has 1 saturated heterocycles. The summed E-state index contributed by atoms with van der Waals surface area (Å²) >= 11 is 0. The molecule has 1 rings (SSSR count). The Morgan fingerprint density at radius 2 is 2.09 bits per heavy atom. The van der Waals surface area contributed by atoms with Crippen molar-refractivity contribution >= 4 is 0 Å². The minimum Gasteiger partial charge on any atom is -0.378 e. The molecular weight excluding hydrogens is 136 g/mol. The molecule has 0 aromatic heterocycles. The highest BCUT2D eigenvalue weighted by Gasteiger charge is 2.34. The minimum absolute atomic E-state index is 0.437. The topological polar surface area (TPSA) is 9.23 Å². The highest BCUT2D eigenvalue weighted by molar-refractivity contribution is 4.83. The summed E-state index contributed by atoms with van der Waals surface area (Å²) < 4.78 is 5.65. The van der Waals surface area contributed by atoms with E-state index in [0.717, 1.165) is 12.5 Å². The van der Waals surface area contributed by atoms with Gasteiger partial charge in [0.15, 0.2) is 0 Å². The predicted molar refractivity (Wildman–Crippen MR) is 47.6 cm³/mol. The van der Waals surface area contributed by atoms with Crippen LogP contribution in [0.25, 0.3) is 0 Å². The Labute approximate surface area is 70.1 Å². The van der Waals surface area contributed by atoms with Gasteiger partial charge in [0.25, 0.3) is 0 Å². The van der Waals surface area contributed by atoms with Crippen LogP contribution in [0.2, 0.25) is 0 Å². The van der Waals surface area contributed by atoms with Crippen molar-refractivity contribution in [3.63, 3.8) is 0 Å². The van der Waals surface area contributed by atoms with E-state index < -0.39 is 0 Å². The van der Waals surface area contributed by atoms with Crippen LogP contribution >= 0.6 is 0 Å². The van der Waals surface area contributed by atoms with Crippen LogP contribution in [0.15, 0.2) is 0 Å². The fourth-order valence-corrected chi connectivity index (χ4v) is 1.78. The summed E-state index contributed by atoms with van der Waals surface area (Å²) in [6.45, 7) is 10.1. The summed E-state index contributed by atoms with van der Waals surface area (Å²) in [5.41, 5.74) is 0.437. The maximum atomic E-state index is 5.65. The minimum atomic E-state index is 0.437. The highest BCUT2D eigenvalue weighted by atomic mass is 16.5. The quantitative estimate of drug-likeness (QED) is 0.567. The van der Waals surface area contributed by atoms with Crippen molar-refractivity contribution in [2.45, 2.75) is 46.6 Å². The Kier molecular flexibility index (Phi) is 2.58. The van der Waals surface area contributed by atoms with E-state index in [9.17, 15) is 0 Å². The molecule has 0 radical (unpaired) electrons. The molecule has 0 aromatic rings. The van der Waals surface area contributed by atoms with Gasteiger partial charge in [0, 0.05) is 0 Å². The van der Waals surface area contributed by atoms with Crippen LogP contribution in [0.1, 0.15) is 40.5 Å². The third kappa shape index (κ3) is 1.76. The summed E-state index contributed by atoms with van der Waals surface area (Å²) in [6.07, 6.45) is 2.94. The lowest BCUT2D eigenvalue weighted by Crippen LogP contribution is -2.38. The zero-order valence-corrected chi connectivity index (χ0v) is 8.18. The van der Waals surface area contributed by atoms with Crippen molar-refractivity contribution in [2.24, 2.45) is 11.3 Å². The van der Waals surface area contributed by atoms with E-state index in [1.807, 2.05) is 0 Å². The van der Waals surface area contributed by atoms with Crippen molar-refractivity contribution < 1.29 is 4.74 Å². The molecule has 2 unspecified atom stereocenters. The van der Waals surface area contributed by atoms with Crippen molar-refractivity contribution in [3.05, 3.63) is 0 Å². The van der Waals surface area contributed by atoms with Crippen molar-refractivity contribution in [1.82, 2.24) is 0 Å². The molecule has 0 aliphatic carbocycles. The molecule has 66 valence electrons. The maximum absolute atomic E-state index is 5.65. The zero-order valence-electron chi connectivity index (χ0n) is 8.18. The fourth-order valence-electron chi connectivity index (χ4n) is 1.78. The van der Waals surface area contributed by atoms with Crippen LogP contribution in [0.3, 0.4) is 0 Å². The van der Waals surface area contributed by atoms with E-state index in [2.05, 4.69) is 27.7 Å². The predicted octanol–water partition coefficient (Wildman–Crippen LogP) is 2.85. The second-order valence-electron chi connectivity index (χ2n) is 4.27. The van der Waals surface area contributed by atoms with E-state index in [4.69, 9.17) is 4.74 Å². The molecule has 0 spiro atoms. The average Bonchev–Trinajstić information content (AvgIpc) is 1.98. The molecule has 1 aliphatic rings. The van der Waals surface area contributed by atoms with Gasteiger partial charge in [-0.3, -0.25) is 0 Å². The van der Waals surface area contributed by atoms with Crippen LogP contribution in [0, 0.1) is 11.3 Å². The molecule has 3 atom stereocenters. The van der Waals surface area contributed by atoms with E-state index in [-0.39, 0.29) is 0 Å². The second-order valence-corrected chi connectivity index (χ2v) is 4.27.